The van der Waals surface area contributed by atoms with E-state index in [0.29, 0.717) is 60.5 Å². The van der Waals surface area contributed by atoms with Gasteiger partial charge in [-0.3, -0.25) is 19.8 Å². The van der Waals surface area contributed by atoms with E-state index in [0.717, 1.165) is 51.9 Å². The third kappa shape index (κ3) is 8.40. The summed E-state index contributed by atoms with van der Waals surface area (Å²) < 4.78 is 13.2. The Kier molecular flexibility index (Phi) is 10.7. The lowest BCUT2D eigenvalue weighted by Crippen LogP contribution is -2.40. The summed E-state index contributed by atoms with van der Waals surface area (Å²) in [6.45, 7) is 10.5. The Morgan fingerprint density at radius 2 is 1.78 bits per heavy atom. The van der Waals surface area contributed by atoms with Gasteiger partial charge in [-0.05, 0) is 112 Å². The summed E-state index contributed by atoms with van der Waals surface area (Å²) in [7, 11) is 0. The van der Waals surface area contributed by atoms with Crippen LogP contribution in [0.25, 0.3) is 21.3 Å². The van der Waals surface area contributed by atoms with Crippen LogP contribution in [0.15, 0.2) is 72.8 Å². The first-order valence-electron chi connectivity index (χ1n) is 18.4. The molecule has 0 aliphatic carbocycles. The zero-order chi connectivity index (χ0) is 38.0. The number of aromatic nitrogens is 2. The van der Waals surface area contributed by atoms with E-state index in [2.05, 4.69) is 21.3 Å². The Balaban J connectivity index is 1.14. The molecule has 0 radical (unpaired) electrons. The number of nitrogens with zero attached hydrogens (tertiary/aromatic N) is 4. The number of para-hydroxylation sites is 1. The summed E-state index contributed by atoms with van der Waals surface area (Å²) >= 11 is 1.44. The largest absolute Gasteiger partial charge is 0.493 e. The maximum Gasteiger partial charge on any atom is 0.358 e. The summed E-state index contributed by atoms with van der Waals surface area (Å²) in [5.74, 6) is -0.0397. The molecule has 280 valence electrons. The van der Waals surface area contributed by atoms with E-state index in [1.54, 1.807) is 0 Å². The number of pyridine rings is 1. The number of fused-ring (bicyclic) bond motifs is 2. The van der Waals surface area contributed by atoms with Crippen molar-refractivity contribution in [3.05, 3.63) is 101 Å². The van der Waals surface area contributed by atoms with E-state index in [9.17, 15) is 19.5 Å². The number of piperidine rings is 1. The molecule has 2 aliphatic heterocycles. The van der Waals surface area contributed by atoms with Crippen LogP contribution < -0.4 is 15.0 Å². The van der Waals surface area contributed by atoms with Gasteiger partial charge in [0.1, 0.15) is 17.2 Å². The van der Waals surface area contributed by atoms with Crippen LogP contribution in [0.5, 0.6) is 5.75 Å². The van der Waals surface area contributed by atoms with Crippen molar-refractivity contribution in [2.75, 3.05) is 43.0 Å². The normalized spacial score (nSPS) is 16.1. The molecule has 54 heavy (non-hydrogen) atoms. The molecule has 1 atom stereocenters. The number of hydrogen-bond acceptors (Lipinski definition) is 10. The zero-order valence-corrected chi connectivity index (χ0v) is 31.9. The molecule has 1 saturated heterocycles. The second kappa shape index (κ2) is 15.6. The highest BCUT2D eigenvalue weighted by atomic mass is 32.1. The third-order valence-electron chi connectivity index (χ3n) is 9.84. The molecule has 7 rings (SSSR count). The topological polar surface area (TPSA) is 134 Å². The Morgan fingerprint density at radius 1 is 0.963 bits per heavy atom. The molecule has 11 nitrogen and oxygen atoms in total. The fourth-order valence-corrected chi connectivity index (χ4v) is 8.16. The summed E-state index contributed by atoms with van der Waals surface area (Å²) in [5.41, 5.74) is 5.20. The summed E-state index contributed by atoms with van der Waals surface area (Å²) in [6, 6.07) is 23.2. The highest BCUT2D eigenvalue weighted by Crippen LogP contribution is 2.36. The van der Waals surface area contributed by atoms with Crippen LogP contribution >= 0.6 is 11.3 Å². The Bertz CT molecular complexity index is 2180. The number of likely N-dealkylation sites (tertiary alicyclic amines) is 1. The van der Waals surface area contributed by atoms with Crippen molar-refractivity contribution < 1.29 is 29.0 Å². The summed E-state index contributed by atoms with van der Waals surface area (Å²) in [6.07, 6.45) is 2.61. The maximum atomic E-state index is 13.9. The van der Waals surface area contributed by atoms with Gasteiger partial charge in [0, 0.05) is 36.7 Å². The van der Waals surface area contributed by atoms with E-state index >= 15 is 0 Å². The Morgan fingerprint density at radius 3 is 2.57 bits per heavy atom. The Hall–Kier alpha value is -5.33. The van der Waals surface area contributed by atoms with Gasteiger partial charge in [0.05, 0.1) is 23.4 Å². The molecule has 2 aromatic heterocycles. The number of carboxylic acids is 1. The predicted molar refractivity (Wildman–Crippen MR) is 211 cm³/mol. The van der Waals surface area contributed by atoms with E-state index in [-0.39, 0.29) is 24.1 Å². The van der Waals surface area contributed by atoms with Crippen LogP contribution in [0.1, 0.15) is 71.1 Å². The third-order valence-corrected chi connectivity index (χ3v) is 10.8. The first-order chi connectivity index (χ1) is 25.9. The van der Waals surface area contributed by atoms with Gasteiger partial charge < -0.3 is 19.5 Å². The van der Waals surface area contributed by atoms with Gasteiger partial charge in [0.25, 0.3) is 5.91 Å². The first-order valence-corrected chi connectivity index (χ1v) is 19.2. The van der Waals surface area contributed by atoms with Crippen molar-refractivity contribution in [2.45, 2.75) is 59.1 Å². The fraction of sp³-hybridized carbons (Fsp3) is 0.357. The lowest BCUT2D eigenvalue weighted by molar-refractivity contribution is -0.138. The smallest absolute Gasteiger partial charge is 0.358 e. The number of anilines is 2. The lowest BCUT2D eigenvalue weighted by atomic mass is 9.94. The summed E-state index contributed by atoms with van der Waals surface area (Å²) in [5, 5.41) is 12.8. The average molecular weight is 748 g/mol. The van der Waals surface area contributed by atoms with Crippen LogP contribution in [-0.4, -0.2) is 76.2 Å². The number of hydrogen-bond donors (Lipinski definition) is 2. The van der Waals surface area contributed by atoms with Crippen LogP contribution in [0.2, 0.25) is 0 Å². The average Bonchev–Trinajstić information content (AvgIpc) is 3.55. The molecule has 0 spiro atoms. The van der Waals surface area contributed by atoms with Crippen molar-refractivity contribution in [2.24, 2.45) is 5.92 Å². The van der Waals surface area contributed by atoms with Gasteiger partial charge >= 0.3 is 11.9 Å². The van der Waals surface area contributed by atoms with Crippen molar-refractivity contribution in [3.8, 4) is 16.9 Å². The minimum absolute atomic E-state index is 0.0346. The highest BCUT2D eigenvalue weighted by molar-refractivity contribution is 7.22. The second-order valence-corrected chi connectivity index (χ2v) is 16.0. The van der Waals surface area contributed by atoms with E-state index < -0.39 is 17.5 Å². The lowest BCUT2D eigenvalue weighted by Gasteiger charge is -2.32. The minimum Gasteiger partial charge on any atom is -0.493 e. The van der Waals surface area contributed by atoms with Crippen LogP contribution in [0, 0.1) is 12.8 Å². The molecule has 2 N–H and O–H groups in total. The number of carbonyl (C=O) groups excluding carboxylic acids is 2. The molecule has 1 amide bonds. The van der Waals surface area contributed by atoms with Crippen LogP contribution in [0.4, 0.5) is 10.9 Å². The van der Waals surface area contributed by atoms with Gasteiger partial charge in [-0.2, -0.15) is 0 Å². The second-order valence-electron chi connectivity index (χ2n) is 15.0. The number of esters is 1. The molecule has 4 heterocycles. The van der Waals surface area contributed by atoms with Crippen molar-refractivity contribution in [1.29, 1.82) is 0 Å². The van der Waals surface area contributed by atoms with Crippen molar-refractivity contribution >= 4 is 50.3 Å². The number of carboxylic acid groups (broad SMARTS) is 1. The number of amides is 1. The van der Waals surface area contributed by atoms with Gasteiger partial charge in [0.2, 0.25) is 0 Å². The van der Waals surface area contributed by atoms with Crippen molar-refractivity contribution in [1.82, 2.24) is 14.9 Å². The van der Waals surface area contributed by atoms with Crippen LogP contribution in [0.3, 0.4) is 0 Å². The molecule has 5 aromatic rings. The summed E-state index contributed by atoms with van der Waals surface area (Å²) in [4.78, 5) is 52.4. The SMILES string of the molecule is Cc1c(OC[C@@H]2CCCN(CC(=O)O)C2)cccc1-c1ccc(N2CCc3cccc(C(=O)Nc4nc5ccccc5s4)c3C2)nc1C(=O)OC(C)(C)C. The number of carbonyl (C=O) groups is 3. The molecule has 1 fully saturated rings. The monoisotopic (exact) mass is 747 g/mol. The molecule has 2 aliphatic rings. The first kappa shape index (κ1) is 37.0. The van der Waals surface area contributed by atoms with Gasteiger partial charge in [-0.1, -0.05) is 47.7 Å². The molecular weight excluding hydrogens is 703 g/mol. The van der Waals surface area contributed by atoms with Gasteiger partial charge in [-0.15, -0.1) is 0 Å². The fourth-order valence-electron chi connectivity index (χ4n) is 7.30. The van der Waals surface area contributed by atoms with Crippen molar-refractivity contribution in [3.63, 3.8) is 0 Å². The standard InChI is InChI=1S/C42H45N5O6S/c1-26-29(12-8-15-34(26)52-25-27-10-9-20-46(22-27)24-37(48)49)30-17-18-36(44-38(30)40(51)53-42(2,3)4)47-21-19-28-11-7-13-31(32(28)23-47)39(50)45-41-43-33-14-5-6-16-35(33)54-41/h5-8,11-18,27H,9-10,19-25H2,1-4H3,(H,48,49)(H,43,45,50)/t27-/m1/s1. The number of aliphatic carboxylic acids is 1. The van der Waals surface area contributed by atoms with E-state index in [1.807, 2.05) is 99.3 Å². The number of nitrogens with one attached hydrogen (secondary N) is 1. The quantitative estimate of drug-likeness (QED) is 0.138. The number of benzene rings is 3. The number of ether oxygens (including phenoxy) is 2. The highest BCUT2D eigenvalue weighted by Gasteiger charge is 2.28. The molecule has 0 bridgehead atoms. The number of rotatable bonds is 10. The minimum atomic E-state index is -0.820. The molecular formula is C42H45N5O6S. The van der Waals surface area contributed by atoms with Gasteiger partial charge in [0.15, 0.2) is 10.8 Å². The molecule has 0 saturated carbocycles. The molecule has 12 heteroatoms. The zero-order valence-electron chi connectivity index (χ0n) is 31.1. The molecule has 3 aromatic carbocycles. The molecule has 0 unspecified atom stereocenters. The van der Waals surface area contributed by atoms with E-state index in [1.165, 1.54) is 11.3 Å². The van der Waals surface area contributed by atoms with Gasteiger partial charge in [-0.25, -0.2) is 14.8 Å². The maximum absolute atomic E-state index is 13.9. The van der Waals surface area contributed by atoms with E-state index in [4.69, 9.17) is 14.5 Å². The van der Waals surface area contributed by atoms with Crippen LogP contribution in [-0.2, 0) is 22.5 Å². The Labute approximate surface area is 318 Å². The predicted octanol–water partition coefficient (Wildman–Crippen LogP) is 7.61. The number of thiazole rings is 1.